The number of hydrogen-bond acceptors (Lipinski definition) is 6. The zero-order valence-corrected chi connectivity index (χ0v) is 26.6. The molecule has 1 amide bonds. The minimum Gasteiger partial charge on any atom is -0.493 e. The van der Waals surface area contributed by atoms with Crippen LogP contribution in [0.5, 0.6) is 11.5 Å². The molecule has 2 aliphatic rings. The lowest BCUT2D eigenvalue weighted by Gasteiger charge is -2.35. The molecule has 13 heteroatoms. The molecule has 8 nitrogen and oxygen atoms in total. The van der Waals surface area contributed by atoms with Crippen LogP contribution in [0.2, 0.25) is 0 Å². The third-order valence-corrected chi connectivity index (χ3v) is 9.13. The molecule has 0 radical (unpaired) electrons. The van der Waals surface area contributed by atoms with Crippen molar-refractivity contribution < 1.29 is 40.2 Å². The summed E-state index contributed by atoms with van der Waals surface area (Å²) in [5, 5.41) is 0. The van der Waals surface area contributed by atoms with Gasteiger partial charge >= 0.3 is 6.61 Å². The van der Waals surface area contributed by atoms with Crippen molar-refractivity contribution in [2.24, 2.45) is 5.92 Å². The summed E-state index contributed by atoms with van der Waals surface area (Å²) in [5.74, 6) is -1.55. The second-order valence-electron chi connectivity index (χ2n) is 12.0. The van der Waals surface area contributed by atoms with Crippen molar-refractivity contribution in [3.63, 3.8) is 0 Å². The van der Waals surface area contributed by atoms with E-state index in [4.69, 9.17) is 4.74 Å². The van der Waals surface area contributed by atoms with Gasteiger partial charge < -0.3 is 14.4 Å². The van der Waals surface area contributed by atoms with E-state index >= 15 is 0 Å². The van der Waals surface area contributed by atoms with Crippen molar-refractivity contribution in [1.29, 1.82) is 0 Å². The Morgan fingerprint density at radius 1 is 1.09 bits per heavy atom. The smallest absolute Gasteiger partial charge is 0.387 e. The van der Waals surface area contributed by atoms with Gasteiger partial charge in [-0.2, -0.15) is 8.78 Å². The summed E-state index contributed by atoms with van der Waals surface area (Å²) < 4.78 is 89.3. The van der Waals surface area contributed by atoms with Crippen LogP contribution < -0.4 is 14.2 Å². The Hall–Kier alpha value is -3.16. The summed E-state index contributed by atoms with van der Waals surface area (Å²) in [6.07, 6.45) is 7.93. The summed E-state index contributed by atoms with van der Waals surface area (Å²) in [5.41, 5.74) is 1.08. The van der Waals surface area contributed by atoms with E-state index in [9.17, 15) is 30.8 Å². The van der Waals surface area contributed by atoms with Gasteiger partial charge in [0.2, 0.25) is 10.0 Å². The van der Waals surface area contributed by atoms with Crippen molar-refractivity contribution in [3.8, 4) is 11.5 Å². The monoisotopic (exact) mass is 655 g/mol. The lowest BCUT2D eigenvalue weighted by Crippen LogP contribution is -2.46. The molecule has 4 rings (SSSR count). The fourth-order valence-corrected chi connectivity index (χ4v) is 7.16. The van der Waals surface area contributed by atoms with Gasteiger partial charge in [0.25, 0.3) is 5.91 Å². The van der Waals surface area contributed by atoms with E-state index in [0.29, 0.717) is 18.0 Å². The summed E-state index contributed by atoms with van der Waals surface area (Å²) in [7, 11) is -1.96. The van der Waals surface area contributed by atoms with Crippen LogP contribution in [0.1, 0.15) is 61.4 Å². The van der Waals surface area contributed by atoms with Crippen LogP contribution in [0.25, 0.3) is 6.08 Å². The van der Waals surface area contributed by atoms with Crippen molar-refractivity contribution in [3.05, 3.63) is 64.7 Å². The SMILES string of the molecule is COc1cc(C(=O)N(CC(C)=Cc2ccc(F)cc2F)CC2CCCN2CC2CCC(NS(C)(=O)=O)CC2)ccc1OC(F)F. The van der Waals surface area contributed by atoms with E-state index in [1.807, 2.05) is 0 Å². The van der Waals surface area contributed by atoms with Gasteiger partial charge in [0.1, 0.15) is 11.6 Å². The number of carbonyl (C=O) groups is 1. The zero-order chi connectivity index (χ0) is 32.7. The van der Waals surface area contributed by atoms with Gasteiger partial charge in [-0.05, 0) is 88.2 Å². The maximum Gasteiger partial charge on any atom is 0.387 e. The minimum atomic E-state index is -3.25. The van der Waals surface area contributed by atoms with E-state index < -0.39 is 28.3 Å². The molecule has 2 fully saturated rings. The molecule has 248 valence electrons. The van der Waals surface area contributed by atoms with Gasteiger partial charge in [-0.1, -0.05) is 11.6 Å². The average molecular weight is 656 g/mol. The topological polar surface area (TPSA) is 88.2 Å². The molecule has 1 heterocycles. The van der Waals surface area contributed by atoms with Crippen molar-refractivity contribution in [1.82, 2.24) is 14.5 Å². The first-order chi connectivity index (χ1) is 21.3. The normalized spacial score (nSPS) is 21.2. The molecular weight excluding hydrogens is 614 g/mol. The summed E-state index contributed by atoms with van der Waals surface area (Å²) in [6, 6.07) is 7.36. The maximum atomic E-state index is 14.4. The standard InChI is InChI=1S/C32H41F4N3O5S/c1-21(15-23-8-10-25(33)17-28(23)34)18-39(31(40)24-9-13-29(44-32(35)36)30(16-24)43-2)20-27-5-4-14-38(27)19-22-6-11-26(12-7-22)37-45(3,41)42/h8-10,13,15-17,22,26-27,32,37H,4-7,11-12,14,18-20H2,1-3H3. The third-order valence-electron chi connectivity index (χ3n) is 8.37. The Bertz CT molecular complexity index is 1460. The van der Waals surface area contributed by atoms with Gasteiger partial charge in [-0.25, -0.2) is 21.9 Å². The molecule has 1 aliphatic heterocycles. The molecule has 2 aromatic carbocycles. The lowest BCUT2D eigenvalue weighted by atomic mass is 9.86. The molecule has 1 saturated heterocycles. The number of ether oxygens (including phenoxy) is 2. The number of likely N-dealkylation sites (tertiary alicyclic amines) is 1. The molecule has 45 heavy (non-hydrogen) atoms. The van der Waals surface area contributed by atoms with Gasteiger partial charge in [-0.3, -0.25) is 9.69 Å². The highest BCUT2D eigenvalue weighted by Gasteiger charge is 2.32. The number of rotatable bonds is 13. The van der Waals surface area contributed by atoms with E-state index in [2.05, 4.69) is 14.4 Å². The van der Waals surface area contributed by atoms with Crippen LogP contribution in [-0.2, 0) is 10.0 Å². The molecule has 1 saturated carbocycles. The van der Waals surface area contributed by atoms with Crippen LogP contribution >= 0.6 is 0 Å². The number of hydrogen-bond donors (Lipinski definition) is 1. The van der Waals surface area contributed by atoms with Crippen molar-refractivity contribution >= 4 is 22.0 Å². The molecule has 1 atom stereocenters. The molecule has 0 aromatic heterocycles. The second-order valence-corrected chi connectivity index (χ2v) is 13.8. The number of benzene rings is 2. The van der Waals surface area contributed by atoms with E-state index in [-0.39, 0.29) is 47.2 Å². The maximum absolute atomic E-state index is 14.4. The molecule has 2 aromatic rings. The second kappa shape index (κ2) is 15.4. The zero-order valence-electron chi connectivity index (χ0n) is 25.8. The Morgan fingerprint density at radius 3 is 2.47 bits per heavy atom. The number of nitrogens with zero attached hydrogens (tertiary/aromatic N) is 2. The van der Waals surface area contributed by atoms with Crippen LogP contribution in [0.4, 0.5) is 17.6 Å². The number of amides is 1. The number of alkyl halides is 2. The minimum absolute atomic E-state index is 0.00907. The van der Waals surface area contributed by atoms with Gasteiger partial charge in [-0.15, -0.1) is 0 Å². The van der Waals surface area contributed by atoms with Crippen LogP contribution in [-0.4, -0.2) is 82.4 Å². The summed E-state index contributed by atoms with van der Waals surface area (Å²) in [4.78, 5) is 18.0. The highest BCUT2D eigenvalue weighted by molar-refractivity contribution is 7.88. The summed E-state index contributed by atoms with van der Waals surface area (Å²) in [6.45, 7) is 0.936. The van der Waals surface area contributed by atoms with E-state index in [1.54, 1.807) is 17.9 Å². The van der Waals surface area contributed by atoms with Crippen LogP contribution in [0.3, 0.4) is 0 Å². The van der Waals surface area contributed by atoms with Gasteiger partial charge in [0, 0.05) is 48.9 Å². The molecule has 1 unspecified atom stereocenters. The van der Waals surface area contributed by atoms with Crippen LogP contribution in [0, 0.1) is 17.6 Å². The third kappa shape index (κ3) is 10.2. The first-order valence-corrected chi connectivity index (χ1v) is 17.0. The number of halogens is 4. The Morgan fingerprint density at radius 2 is 1.82 bits per heavy atom. The highest BCUT2D eigenvalue weighted by Crippen LogP contribution is 2.32. The first kappa shape index (κ1) is 34.7. The Balaban J connectivity index is 1.52. The average Bonchev–Trinajstić information content (AvgIpc) is 3.40. The van der Waals surface area contributed by atoms with E-state index in [1.165, 1.54) is 43.7 Å². The number of carbonyl (C=O) groups excluding carboxylic acids is 1. The molecule has 1 N–H and O–H groups in total. The van der Waals surface area contributed by atoms with Crippen molar-refractivity contribution in [2.75, 3.05) is 39.5 Å². The van der Waals surface area contributed by atoms with Gasteiger partial charge in [0.05, 0.1) is 13.4 Å². The van der Waals surface area contributed by atoms with Crippen molar-refractivity contribution in [2.45, 2.75) is 64.1 Å². The summed E-state index contributed by atoms with van der Waals surface area (Å²) >= 11 is 0. The molecule has 0 bridgehead atoms. The van der Waals surface area contributed by atoms with E-state index in [0.717, 1.165) is 57.7 Å². The predicted molar refractivity (Wildman–Crippen MR) is 164 cm³/mol. The number of methoxy groups -OCH3 is 1. The lowest BCUT2D eigenvalue weighted by molar-refractivity contribution is -0.0512. The Kier molecular flexibility index (Phi) is 11.9. The number of nitrogens with one attached hydrogen (secondary N) is 1. The van der Waals surface area contributed by atoms with Crippen LogP contribution in [0.15, 0.2) is 42.0 Å². The first-order valence-electron chi connectivity index (χ1n) is 15.1. The quantitative estimate of drug-likeness (QED) is 0.279. The fourth-order valence-electron chi connectivity index (χ4n) is 6.32. The molecular formula is C32H41F4N3O5S. The fraction of sp³-hybridized carbons (Fsp3) is 0.531. The highest BCUT2D eigenvalue weighted by atomic mass is 32.2. The molecule has 0 spiro atoms. The van der Waals surface area contributed by atoms with Gasteiger partial charge in [0.15, 0.2) is 11.5 Å². The Labute approximate surface area is 262 Å². The predicted octanol–water partition coefficient (Wildman–Crippen LogP) is 5.69. The largest absolute Gasteiger partial charge is 0.493 e. The number of sulfonamides is 1. The molecule has 1 aliphatic carbocycles.